The summed E-state index contributed by atoms with van der Waals surface area (Å²) in [5.74, 6) is -1.21. The molecule has 1 aliphatic heterocycles. The lowest BCUT2D eigenvalue weighted by Crippen LogP contribution is -2.49. The zero-order valence-corrected chi connectivity index (χ0v) is 17.4. The van der Waals surface area contributed by atoms with Gasteiger partial charge in [-0.1, -0.05) is 20.3 Å². The molecule has 2 rings (SSSR count). The molecule has 29 heavy (non-hydrogen) atoms. The lowest BCUT2D eigenvalue weighted by molar-refractivity contribution is -0.122. The number of carbonyl (C=O) groups is 3. The van der Waals surface area contributed by atoms with E-state index in [0.717, 1.165) is 31.6 Å². The standard InChI is InChI=1S/C21H32N4O4/c1-3-5-9-22-20(27)15-24-10-12-25(13-11-24)16-7-8-18(17(14-16)21(28)29)23-19(26)6-4-2/h7-8,14H,3-6,9-13,15H2,1-2H3,(H,22,27)(H,23,26)(H,28,29). The molecule has 0 unspecified atom stereocenters. The fourth-order valence-electron chi connectivity index (χ4n) is 3.28. The second kappa shape index (κ2) is 11.4. The summed E-state index contributed by atoms with van der Waals surface area (Å²) < 4.78 is 0. The number of hydrogen-bond acceptors (Lipinski definition) is 5. The molecule has 8 nitrogen and oxygen atoms in total. The van der Waals surface area contributed by atoms with Gasteiger partial charge in [-0.2, -0.15) is 0 Å². The highest BCUT2D eigenvalue weighted by Gasteiger charge is 2.21. The summed E-state index contributed by atoms with van der Waals surface area (Å²) in [5.41, 5.74) is 1.22. The van der Waals surface area contributed by atoms with E-state index in [-0.39, 0.29) is 17.4 Å². The number of hydrogen-bond donors (Lipinski definition) is 3. The monoisotopic (exact) mass is 404 g/mol. The van der Waals surface area contributed by atoms with Crippen molar-refractivity contribution in [1.29, 1.82) is 0 Å². The van der Waals surface area contributed by atoms with Crippen molar-refractivity contribution in [1.82, 2.24) is 10.2 Å². The van der Waals surface area contributed by atoms with Crippen LogP contribution in [0.3, 0.4) is 0 Å². The molecule has 0 radical (unpaired) electrons. The van der Waals surface area contributed by atoms with Gasteiger partial charge in [-0.05, 0) is 31.0 Å². The summed E-state index contributed by atoms with van der Waals surface area (Å²) in [7, 11) is 0. The van der Waals surface area contributed by atoms with Crippen LogP contribution >= 0.6 is 0 Å². The van der Waals surface area contributed by atoms with E-state index in [1.54, 1.807) is 12.1 Å². The van der Waals surface area contributed by atoms with E-state index < -0.39 is 5.97 Å². The van der Waals surface area contributed by atoms with Gasteiger partial charge in [0.05, 0.1) is 17.8 Å². The van der Waals surface area contributed by atoms with Crippen LogP contribution in [0.4, 0.5) is 11.4 Å². The Hall–Kier alpha value is -2.61. The van der Waals surface area contributed by atoms with Gasteiger partial charge < -0.3 is 20.6 Å². The van der Waals surface area contributed by atoms with Crippen molar-refractivity contribution in [3.05, 3.63) is 23.8 Å². The van der Waals surface area contributed by atoms with E-state index in [9.17, 15) is 19.5 Å². The number of amides is 2. The van der Waals surface area contributed by atoms with Crippen LogP contribution < -0.4 is 15.5 Å². The van der Waals surface area contributed by atoms with Crippen LogP contribution in [0.1, 0.15) is 49.9 Å². The second-order valence-corrected chi connectivity index (χ2v) is 7.30. The lowest BCUT2D eigenvalue weighted by atomic mass is 10.1. The van der Waals surface area contributed by atoms with Gasteiger partial charge in [-0.25, -0.2) is 4.79 Å². The van der Waals surface area contributed by atoms with Crippen molar-refractivity contribution >= 4 is 29.2 Å². The highest BCUT2D eigenvalue weighted by molar-refractivity contribution is 6.01. The topological polar surface area (TPSA) is 102 Å². The number of benzene rings is 1. The van der Waals surface area contributed by atoms with Crippen LogP contribution in [-0.2, 0) is 9.59 Å². The van der Waals surface area contributed by atoms with Crippen molar-refractivity contribution in [2.24, 2.45) is 0 Å². The SMILES string of the molecule is CCCCNC(=O)CN1CCN(c2ccc(NC(=O)CCC)c(C(=O)O)c2)CC1. The lowest BCUT2D eigenvalue weighted by Gasteiger charge is -2.36. The number of carboxylic acid groups (broad SMARTS) is 1. The number of anilines is 2. The van der Waals surface area contributed by atoms with Gasteiger partial charge >= 0.3 is 5.97 Å². The van der Waals surface area contributed by atoms with Gasteiger partial charge in [0, 0.05) is 44.8 Å². The summed E-state index contributed by atoms with van der Waals surface area (Å²) in [6.45, 7) is 7.99. The Balaban J connectivity index is 1.94. The van der Waals surface area contributed by atoms with Crippen LogP contribution in [0.25, 0.3) is 0 Å². The normalized spacial score (nSPS) is 14.5. The minimum absolute atomic E-state index is 0.0484. The van der Waals surface area contributed by atoms with Gasteiger partial charge in [0.1, 0.15) is 0 Å². The average Bonchev–Trinajstić information content (AvgIpc) is 2.69. The summed E-state index contributed by atoms with van der Waals surface area (Å²) in [6, 6.07) is 5.10. The molecule has 0 bridgehead atoms. The largest absolute Gasteiger partial charge is 0.478 e. The Bertz CT molecular complexity index is 715. The van der Waals surface area contributed by atoms with E-state index in [1.807, 2.05) is 13.0 Å². The second-order valence-electron chi connectivity index (χ2n) is 7.30. The van der Waals surface area contributed by atoms with Gasteiger partial charge in [0.15, 0.2) is 0 Å². The minimum atomic E-state index is -1.07. The Morgan fingerprint density at radius 2 is 1.76 bits per heavy atom. The molecule has 0 aliphatic carbocycles. The van der Waals surface area contributed by atoms with E-state index in [0.29, 0.717) is 44.7 Å². The maximum atomic E-state index is 12.0. The number of aromatic carboxylic acids is 1. The van der Waals surface area contributed by atoms with Gasteiger partial charge in [-0.3, -0.25) is 14.5 Å². The number of unbranched alkanes of at least 4 members (excludes halogenated alkanes) is 1. The molecule has 1 saturated heterocycles. The summed E-state index contributed by atoms with van der Waals surface area (Å²) in [6.07, 6.45) is 3.10. The third kappa shape index (κ3) is 7.05. The number of nitrogens with one attached hydrogen (secondary N) is 2. The minimum Gasteiger partial charge on any atom is -0.478 e. The first-order valence-electron chi connectivity index (χ1n) is 10.4. The molecule has 2 amide bonds. The van der Waals surface area contributed by atoms with Gasteiger partial charge in [-0.15, -0.1) is 0 Å². The Morgan fingerprint density at radius 1 is 1.03 bits per heavy atom. The summed E-state index contributed by atoms with van der Waals surface area (Å²) >= 11 is 0. The van der Waals surface area contributed by atoms with Crippen LogP contribution in [0.2, 0.25) is 0 Å². The summed E-state index contributed by atoms with van der Waals surface area (Å²) in [5, 5.41) is 15.2. The number of carboxylic acids is 1. The molecule has 1 aromatic rings. The molecule has 0 spiro atoms. The molecule has 0 aromatic heterocycles. The zero-order valence-electron chi connectivity index (χ0n) is 17.4. The average molecular weight is 405 g/mol. The van der Waals surface area contributed by atoms with E-state index in [2.05, 4.69) is 27.4 Å². The molecule has 1 heterocycles. The molecule has 8 heteroatoms. The fraction of sp³-hybridized carbons (Fsp3) is 0.571. The Labute approximate surface area is 172 Å². The van der Waals surface area contributed by atoms with Crippen molar-refractivity contribution in [2.45, 2.75) is 39.5 Å². The van der Waals surface area contributed by atoms with Crippen LogP contribution in [-0.4, -0.2) is 67.1 Å². The van der Waals surface area contributed by atoms with Crippen LogP contribution in [0, 0.1) is 0 Å². The van der Waals surface area contributed by atoms with E-state index in [4.69, 9.17) is 0 Å². The highest BCUT2D eigenvalue weighted by Crippen LogP contribution is 2.25. The van der Waals surface area contributed by atoms with Gasteiger partial charge in [0.25, 0.3) is 0 Å². The maximum Gasteiger partial charge on any atom is 0.337 e. The molecular formula is C21H32N4O4. The highest BCUT2D eigenvalue weighted by atomic mass is 16.4. The maximum absolute atomic E-state index is 12.0. The number of rotatable bonds is 10. The van der Waals surface area contributed by atoms with Crippen molar-refractivity contribution < 1.29 is 19.5 Å². The summed E-state index contributed by atoms with van der Waals surface area (Å²) in [4.78, 5) is 39.7. The van der Waals surface area contributed by atoms with Crippen molar-refractivity contribution in [2.75, 3.05) is 49.5 Å². The molecular weight excluding hydrogens is 372 g/mol. The van der Waals surface area contributed by atoms with Crippen LogP contribution in [0.15, 0.2) is 18.2 Å². The predicted octanol–water partition coefficient (Wildman–Crippen LogP) is 2.16. The first-order valence-corrected chi connectivity index (χ1v) is 10.4. The number of carbonyl (C=O) groups excluding carboxylic acids is 2. The molecule has 160 valence electrons. The first kappa shape index (κ1) is 22.7. The molecule has 0 saturated carbocycles. The fourth-order valence-corrected chi connectivity index (χ4v) is 3.28. The van der Waals surface area contributed by atoms with Gasteiger partial charge in [0.2, 0.25) is 11.8 Å². The zero-order chi connectivity index (χ0) is 21.2. The quantitative estimate of drug-likeness (QED) is 0.517. The van der Waals surface area contributed by atoms with Crippen molar-refractivity contribution in [3.8, 4) is 0 Å². The van der Waals surface area contributed by atoms with E-state index >= 15 is 0 Å². The molecule has 0 atom stereocenters. The molecule has 1 aliphatic rings. The smallest absolute Gasteiger partial charge is 0.337 e. The first-order chi connectivity index (χ1) is 13.9. The Morgan fingerprint density at radius 3 is 2.38 bits per heavy atom. The third-order valence-corrected chi connectivity index (χ3v) is 4.94. The Kier molecular flexibility index (Phi) is 8.92. The molecule has 1 aromatic carbocycles. The third-order valence-electron chi connectivity index (χ3n) is 4.94. The predicted molar refractivity (Wildman–Crippen MR) is 114 cm³/mol. The number of nitrogens with zero attached hydrogens (tertiary/aromatic N) is 2. The number of piperazine rings is 1. The molecule has 1 fully saturated rings. The molecule has 3 N–H and O–H groups in total. The van der Waals surface area contributed by atoms with Crippen molar-refractivity contribution in [3.63, 3.8) is 0 Å². The van der Waals surface area contributed by atoms with E-state index in [1.165, 1.54) is 0 Å². The van der Waals surface area contributed by atoms with Crippen LogP contribution in [0.5, 0.6) is 0 Å².